The third-order valence-corrected chi connectivity index (χ3v) is 5.92. The molecule has 1 heterocycles. The zero-order valence-electron chi connectivity index (χ0n) is 19.3. The normalized spacial score (nSPS) is 15.4. The number of hydrogen-bond donors (Lipinski definition) is 1. The predicted octanol–water partition coefficient (Wildman–Crippen LogP) is 4.82. The number of benzene rings is 3. The fourth-order valence-electron chi connectivity index (χ4n) is 3.74. The number of carbonyl (C=O) groups excluding carboxylic acids is 2. The van der Waals surface area contributed by atoms with Crippen molar-refractivity contribution in [2.45, 2.75) is 20.0 Å². The number of amides is 2. The Balaban J connectivity index is 1.30. The lowest BCUT2D eigenvalue weighted by Gasteiger charge is -2.17. The quantitative estimate of drug-likeness (QED) is 0.344. The molecule has 2 amide bonds. The summed E-state index contributed by atoms with van der Waals surface area (Å²) in [5, 5.41) is 4.72. The lowest BCUT2D eigenvalue weighted by molar-refractivity contribution is -0.126. The fourth-order valence-corrected chi connectivity index (χ4v) is 3.93. The molecule has 0 spiro atoms. The highest BCUT2D eigenvalue weighted by Crippen LogP contribution is 2.27. The van der Waals surface area contributed by atoms with Crippen molar-refractivity contribution in [2.24, 2.45) is 11.0 Å². The highest BCUT2D eigenvalue weighted by atomic mass is 35.5. The van der Waals surface area contributed by atoms with E-state index in [0.29, 0.717) is 30.5 Å². The molecule has 0 aliphatic carbocycles. The van der Waals surface area contributed by atoms with E-state index in [-0.39, 0.29) is 18.2 Å². The second kappa shape index (κ2) is 11.5. The molecule has 0 radical (unpaired) electrons. The Morgan fingerprint density at radius 3 is 2.66 bits per heavy atom. The molecule has 1 N–H and O–H groups in total. The van der Waals surface area contributed by atoms with Crippen molar-refractivity contribution >= 4 is 35.3 Å². The summed E-state index contributed by atoms with van der Waals surface area (Å²) in [6.07, 6.45) is 1.68. The van der Waals surface area contributed by atoms with Gasteiger partial charge in [0.15, 0.2) is 0 Å². The molecule has 3 aromatic carbocycles. The lowest BCUT2D eigenvalue weighted by Crippen LogP contribution is -2.30. The summed E-state index contributed by atoms with van der Waals surface area (Å²) in [4.78, 5) is 26.7. The molecule has 0 bridgehead atoms. The molecule has 1 fully saturated rings. The smallest absolute Gasteiger partial charge is 0.245 e. The van der Waals surface area contributed by atoms with Crippen LogP contribution in [0.25, 0.3) is 0 Å². The van der Waals surface area contributed by atoms with E-state index in [1.165, 1.54) is 0 Å². The molecule has 1 saturated heterocycles. The van der Waals surface area contributed by atoms with Crippen LogP contribution in [0.5, 0.6) is 11.5 Å². The summed E-state index contributed by atoms with van der Waals surface area (Å²) in [6, 6.07) is 22.1. The van der Waals surface area contributed by atoms with Gasteiger partial charge in [-0.3, -0.25) is 9.59 Å². The van der Waals surface area contributed by atoms with Crippen LogP contribution in [0.1, 0.15) is 24.5 Å². The Bertz CT molecular complexity index is 1210. The standard InChI is InChI=1S/C27H26ClN3O4/c1-2-34-23-12-10-22(11-13-23)31-17-21(15-26(31)32)27(33)30-29-16-19-6-5-8-24(14-19)35-18-20-7-3-4-9-25(20)28/h3-14,16,21H,2,15,17-18H2,1H3,(H,30,33)/b29-16-/t21-/m0/s1. The molecule has 8 heteroatoms. The zero-order chi connectivity index (χ0) is 24.6. The molecule has 180 valence electrons. The van der Waals surface area contributed by atoms with Gasteiger partial charge in [0, 0.05) is 29.2 Å². The molecule has 3 aromatic rings. The van der Waals surface area contributed by atoms with E-state index in [9.17, 15) is 9.59 Å². The summed E-state index contributed by atoms with van der Waals surface area (Å²) in [5.41, 5.74) is 4.95. The molecular weight excluding hydrogens is 466 g/mol. The number of hydrogen-bond acceptors (Lipinski definition) is 5. The zero-order valence-corrected chi connectivity index (χ0v) is 20.1. The first-order valence-corrected chi connectivity index (χ1v) is 11.7. The molecule has 0 unspecified atom stereocenters. The number of nitrogens with one attached hydrogen (secondary N) is 1. The summed E-state index contributed by atoms with van der Waals surface area (Å²) < 4.78 is 11.3. The first-order valence-electron chi connectivity index (χ1n) is 11.4. The average molecular weight is 492 g/mol. The fraction of sp³-hybridized carbons (Fsp3) is 0.222. The number of halogens is 1. The van der Waals surface area contributed by atoms with Crippen LogP contribution < -0.4 is 19.8 Å². The average Bonchev–Trinajstić information content (AvgIpc) is 3.26. The van der Waals surface area contributed by atoms with Crippen molar-refractivity contribution in [1.82, 2.24) is 5.43 Å². The Labute approximate surface area is 209 Å². The topological polar surface area (TPSA) is 80.2 Å². The maximum atomic E-state index is 12.6. The van der Waals surface area contributed by atoms with E-state index < -0.39 is 5.92 Å². The number of nitrogens with zero attached hydrogens (tertiary/aromatic N) is 2. The van der Waals surface area contributed by atoms with Crippen molar-refractivity contribution < 1.29 is 19.1 Å². The Morgan fingerprint density at radius 2 is 1.89 bits per heavy atom. The molecule has 0 saturated carbocycles. The number of rotatable bonds is 9. The SMILES string of the molecule is CCOc1ccc(N2C[C@@H](C(=O)N/N=C\c3cccc(OCc4ccccc4Cl)c3)CC2=O)cc1. The summed E-state index contributed by atoms with van der Waals surface area (Å²) in [7, 11) is 0. The van der Waals surface area contributed by atoms with Crippen LogP contribution in [-0.4, -0.2) is 31.2 Å². The monoisotopic (exact) mass is 491 g/mol. The molecule has 4 rings (SSSR count). The number of hydrazone groups is 1. The van der Waals surface area contributed by atoms with Crippen molar-refractivity contribution in [1.29, 1.82) is 0 Å². The van der Waals surface area contributed by atoms with Gasteiger partial charge in [-0.2, -0.15) is 5.10 Å². The Hall–Kier alpha value is -3.84. The van der Waals surface area contributed by atoms with Crippen molar-refractivity contribution in [2.75, 3.05) is 18.1 Å². The van der Waals surface area contributed by atoms with E-state index in [0.717, 1.165) is 22.6 Å². The number of ether oxygens (including phenoxy) is 2. The van der Waals surface area contributed by atoms with E-state index in [1.807, 2.05) is 79.7 Å². The molecule has 7 nitrogen and oxygen atoms in total. The highest BCUT2D eigenvalue weighted by Gasteiger charge is 2.35. The van der Waals surface area contributed by atoms with Crippen LogP contribution >= 0.6 is 11.6 Å². The van der Waals surface area contributed by atoms with Crippen molar-refractivity contribution in [3.05, 3.63) is 88.9 Å². The van der Waals surface area contributed by atoms with Crippen LogP contribution in [0.3, 0.4) is 0 Å². The van der Waals surface area contributed by atoms with Crippen LogP contribution in [-0.2, 0) is 16.2 Å². The summed E-state index contributed by atoms with van der Waals surface area (Å²) in [5.74, 6) is 0.532. The molecule has 1 atom stereocenters. The van der Waals surface area contributed by atoms with Gasteiger partial charge in [0.1, 0.15) is 18.1 Å². The minimum absolute atomic E-state index is 0.0957. The van der Waals surface area contributed by atoms with Gasteiger partial charge in [-0.25, -0.2) is 5.43 Å². The first kappa shape index (κ1) is 24.3. The highest BCUT2D eigenvalue weighted by molar-refractivity contribution is 6.31. The maximum Gasteiger partial charge on any atom is 0.245 e. The number of carbonyl (C=O) groups is 2. The third kappa shape index (κ3) is 6.39. The van der Waals surface area contributed by atoms with E-state index in [1.54, 1.807) is 11.1 Å². The first-order chi connectivity index (χ1) is 17.0. The van der Waals surface area contributed by atoms with Gasteiger partial charge in [-0.1, -0.05) is 41.9 Å². The van der Waals surface area contributed by atoms with Gasteiger partial charge >= 0.3 is 0 Å². The molecule has 1 aliphatic heterocycles. The van der Waals surface area contributed by atoms with Crippen molar-refractivity contribution in [3.63, 3.8) is 0 Å². The van der Waals surface area contributed by atoms with Gasteiger partial charge in [0.25, 0.3) is 0 Å². The largest absolute Gasteiger partial charge is 0.494 e. The van der Waals surface area contributed by atoms with Crippen LogP contribution in [0, 0.1) is 5.92 Å². The van der Waals surface area contributed by atoms with Gasteiger partial charge in [0.05, 0.1) is 18.7 Å². The van der Waals surface area contributed by atoms with Crippen LogP contribution in [0.2, 0.25) is 5.02 Å². The second-order valence-corrected chi connectivity index (χ2v) is 8.43. The third-order valence-electron chi connectivity index (χ3n) is 5.55. The van der Waals surface area contributed by atoms with E-state index in [4.69, 9.17) is 21.1 Å². The van der Waals surface area contributed by atoms with E-state index >= 15 is 0 Å². The van der Waals surface area contributed by atoms with Crippen LogP contribution in [0.4, 0.5) is 5.69 Å². The second-order valence-electron chi connectivity index (χ2n) is 8.02. The summed E-state index contributed by atoms with van der Waals surface area (Å²) >= 11 is 6.17. The molecular formula is C27H26ClN3O4. The summed E-state index contributed by atoms with van der Waals surface area (Å²) in [6.45, 7) is 3.14. The minimum atomic E-state index is -0.475. The Morgan fingerprint density at radius 1 is 1.09 bits per heavy atom. The Kier molecular flexibility index (Phi) is 8.00. The van der Waals surface area contributed by atoms with Gasteiger partial charge in [-0.05, 0) is 55.0 Å². The predicted molar refractivity (Wildman–Crippen MR) is 136 cm³/mol. The number of anilines is 1. The molecule has 35 heavy (non-hydrogen) atoms. The van der Waals surface area contributed by atoms with Gasteiger partial charge < -0.3 is 14.4 Å². The molecule has 1 aliphatic rings. The van der Waals surface area contributed by atoms with Gasteiger partial charge in [0.2, 0.25) is 11.8 Å². The van der Waals surface area contributed by atoms with E-state index in [2.05, 4.69) is 10.5 Å². The lowest BCUT2D eigenvalue weighted by atomic mass is 10.1. The molecule has 0 aromatic heterocycles. The van der Waals surface area contributed by atoms with Crippen molar-refractivity contribution in [3.8, 4) is 11.5 Å². The minimum Gasteiger partial charge on any atom is -0.494 e. The van der Waals surface area contributed by atoms with Crippen LogP contribution in [0.15, 0.2) is 77.9 Å². The maximum absolute atomic E-state index is 12.6. The van der Waals surface area contributed by atoms with Gasteiger partial charge in [-0.15, -0.1) is 0 Å².